The second-order valence-corrected chi connectivity index (χ2v) is 5.76. The molecular weight excluding hydrogens is 256 g/mol. The van der Waals surface area contributed by atoms with Crippen LogP contribution in [0, 0.1) is 17.2 Å². The first-order valence-corrected chi connectivity index (χ1v) is 7.61. The van der Waals surface area contributed by atoms with Crippen LogP contribution in [0.2, 0.25) is 0 Å². The van der Waals surface area contributed by atoms with Crippen molar-refractivity contribution in [2.45, 2.75) is 24.8 Å². The normalized spacial score (nSPS) is 15.6. The number of hydrogen-bond donors (Lipinski definition) is 1. The lowest BCUT2D eigenvalue weighted by Gasteiger charge is -2.24. The molecule has 1 fully saturated rings. The molecule has 1 saturated carbocycles. The van der Waals surface area contributed by atoms with Gasteiger partial charge in [-0.25, -0.2) is 0 Å². The lowest BCUT2D eigenvalue weighted by atomic mass is 9.85. The summed E-state index contributed by atoms with van der Waals surface area (Å²) in [5.74, 6) is 0.851. The Labute approximate surface area is 126 Å². The number of hydrogen-bond acceptors (Lipinski definition) is 2. The van der Waals surface area contributed by atoms with E-state index in [0.29, 0.717) is 0 Å². The molecule has 1 aliphatic carbocycles. The van der Waals surface area contributed by atoms with Crippen LogP contribution in [0.5, 0.6) is 0 Å². The zero-order valence-corrected chi connectivity index (χ0v) is 12.1. The molecular formula is C19H20N2. The van der Waals surface area contributed by atoms with Crippen LogP contribution in [0.25, 0.3) is 0 Å². The van der Waals surface area contributed by atoms with E-state index >= 15 is 0 Å². The monoisotopic (exact) mass is 276 g/mol. The molecule has 1 N–H and O–H groups in total. The second-order valence-electron chi connectivity index (χ2n) is 5.76. The molecule has 2 aromatic carbocycles. The van der Waals surface area contributed by atoms with E-state index in [1.807, 2.05) is 36.4 Å². The van der Waals surface area contributed by atoms with E-state index in [-0.39, 0.29) is 12.0 Å². The van der Waals surface area contributed by atoms with Crippen molar-refractivity contribution in [1.29, 1.82) is 5.26 Å². The molecule has 0 saturated heterocycles. The summed E-state index contributed by atoms with van der Waals surface area (Å²) in [6, 6.07) is 22.9. The number of nitrogens with zero attached hydrogens (tertiary/aromatic N) is 1. The maximum absolute atomic E-state index is 9.64. The zero-order chi connectivity index (χ0) is 14.5. The molecule has 1 unspecified atom stereocenters. The smallest absolute Gasteiger partial charge is 0.106 e. The minimum absolute atomic E-state index is 0.0798. The average Bonchev–Trinajstić information content (AvgIpc) is 3.37. The standard InChI is InChI=1S/C19H20N2/c20-13-18(21-14-15-11-12-15)19(16-7-3-1-4-8-16)17-9-5-2-6-10-17/h1-10,15,18-19,21H,11-12,14H2. The first kappa shape index (κ1) is 13.9. The van der Waals surface area contributed by atoms with Crippen LogP contribution in [0.15, 0.2) is 60.7 Å². The summed E-state index contributed by atoms with van der Waals surface area (Å²) in [5, 5.41) is 13.1. The quantitative estimate of drug-likeness (QED) is 0.873. The summed E-state index contributed by atoms with van der Waals surface area (Å²) in [6.07, 6.45) is 2.60. The van der Waals surface area contributed by atoms with E-state index < -0.39 is 0 Å². The Bertz CT molecular complexity index is 557. The van der Waals surface area contributed by atoms with Crippen molar-refractivity contribution in [2.24, 2.45) is 5.92 Å². The second kappa shape index (κ2) is 6.56. The van der Waals surface area contributed by atoms with Gasteiger partial charge >= 0.3 is 0 Å². The molecule has 2 aromatic rings. The highest BCUT2D eigenvalue weighted by Gasteiger charge is 2.27. The topological polar surface area (TPSA) is 35.8 Å². The summed E-state index contributed by atoms with van der Waals surface area (Å²) < 4.78 is 0. The minimum atomic E-state index is -0.185. The minimum Gasteiger partial charge on any atom is -0.301 e. The molecule has 1 aliphatic rings. The summed E-state index contributed by atoms with van der Waals surface area (Å²) in [4.78, 5) is 0. The molecule has 0 aliphatic heterocycles. The Kier molecular flexibility index (Phi) is 4.33. The molecule has 3 rings (SSSR count). The van der Waals surface area contributed by atoms with Crippen LogP contribution >= 0.6 is 0 Å². The summed E-state index contributed by atoms with van der Waals surface area (Å²) in [5.41, 5.74) is 2.39. The SMILES string of the molecule is N#CC(NCC1CC1)C(c1ccccc1)c1ccccc1. The lowest BCUT2D eigenvalue weighted by Crippen LogP contribution is -2.35. The van der Waals surface area contributed by atoms with E-state index in [1.54, 1.807) is 0 Å². The van der Waals surface area contributed by atoms with Gasteiger partial charge in [0.05, 0.1) is 6.07 Å². The highest BCUT2D eigenvalue weighted by atomic mass is 14.9. The van der Waals surface area contributed by atoms with Gasteiger partial charge in [-0.1, -0.05) is 60.7 Å². The fourth-order valence-electron chi connectivity index (χ4n) is 2.75. The Morgan fingerprint density at radius 1 is 0.952 bits per heavy atom. The summed E-state index contributed by atoms with van der Waals surface area (Å²) >= 11 is 0. The number of nitrogens with one attached hydrogen (secondary N) is 1. The largest absolute Gasteiger partial charge is 0.301 e. The highest BCUT2D eigenvalue weighted by Crippen LogP contribution is 2.31. The molecule has 21 heavy (non-hydrogen) atoms. The summed E-state index contributed by atoms with van der Waals surface area (Å²) in [7, 11) is 0. The van der Waals surface area contributed by atoms with Gasteiger partial charge in [0.15, 0.2) is 0 Å². The molecule has 0 aromatic heterocycles. The number of benzene rings is 2. The molecule has 0 bridgehead atoms. The van der Waals surface area contributed by atoms with E-state index in [4.69, 9.17) is 0 Å². The maximum atomic E-state index is 9.64. The molecule has 106 valence electrons. The van der Waals surface area contributed by atoms with Crippen LogP contribution in [0.1, 0.15) is 29.9 Å². The van der Waals surface area contributed by atoms with E-state index in [9.17, 15) is 5.26 Å². The molecule has 0 heterocycles. The van der Waals surface area contributed by atoms with Gasteiger partial charge in [-0.05, 0) is 36.4 Å². The average molecular weight is 276 g/mol. The van der Waals surface area contributed by atoms with Gasteiger partial charge in [-0.2, -0.15) is 5.26 Å². The van der Waals surface area contributed by atoms with Gasteiger partial charge in [-0.3, -0.25) is 0 Å². The Hall–Kier alpha value is -2.11. The number of rotatable bonds is 6. The predicted octanol–water partition coefficient (Wildman–Crippen LogP) is 3.71. The molecule has 0 radical (unpaired) electrons. The van der Waals surface area contributed by atoms with Crippen LogP contribution in [-0.2, 0) is 0 Å². The Balaban J connectivity index is 1.89. The third-order valence-electron chi connectivity index (χ3n) is 4.11. The molecule has 0 amide bonds. The van der Waals surface area contributed by atoms with E-state index in [0.717, 1.165) is 12.5 Å². The van der Waals surface area contributed by atoms with Crippen molar-refractivity contribution < 1.29 is 0 Å². The van der Waals surface area contributed by atoms with Crippen LogP contribution in [0.4, 0.5) is 0 Å². The van der Waals surface area contributed by atoms with Crippen molar-refractivity contribution >= 4 is 0 Å². The first-order valence-electron chi connectivity index (χ1n) is 7.61. The Morgan fingerprint density at radius 2 is 1.48 bits per heavy atom. The van der Waals surface area contributed by atoms with Gasteiger partial charge < -0.3 is 5.32 Å². The molecule has 2 heteroatoms. The fraction of sp³-hybridized carbons (Fsp3) is 0.316. The van der Waals surface area contributed by atoms with Crippen LogP contribution in [0.3, 0.4) is 0 Å². The van der Waals surface area contributed by atoms with Crippen molar-refractivity contribution in [3.8, 4) is 6.07 Å². The van der Waals surface area contributed by atoms with Crippen LogP contribution in [-0.4, -0.2) is 12.6 Å². The van der Waals surface area contributed by atoms with Crippen molar-refractivity contribution in [2.75, 3.05) is 6.54 Å². The maximum Gasteiger partial charge on any atom is 0.106 e. The van der Waals surface area contributed by atoms with E-state index in [2.05, 4.69) is 35.7 Å². The molecule has 2 nitrogen and oxygen atoms in total. The highest BCUT2D eigenvalue weighted by molar-refractivity contribution is 5.36. The van der Waals surface area contributed by atoms with Gasteiger partial charge in [0.25, 0.3) is 0 Å². The Morgan fingerprint density at radius 3 is 1.90 bits per heavy atom. The van der Waals surface area contributed by atoms with Gasteiger partial charge in [0.1, 0.15) is 6.04 Å². The van der Waals surface area contributed by atoms with Crippen molar-refractivity contribution in [1.82, 2.24) is 5.32 Å². The predicted molar refractivity (Wildman–Crippen MR) is 84.9 cm³/mol. The van der Waals surface area contributed by atoms with Crippen LogP contribution < -0.4 is 5.32 Å². The first-order chi connectivity index (χ1) is 10.4. The van der Waals surface area contributed by atoms with Gasteiger partial charge in [-0.15, -0.1) is 0 Å². The van der Waals surface area contributed by atoms with Crippen molar-refractivity contribution in [3.05, 3.63) is 71.8 Å². The third-order valence-corrected chi connectivity index (χ3v) is 4.11. The fourth-order valence-corrected chi connectivity index (χ4v) is 2.75. The summed E-state index contributed by atoms with van der Waals surface area (Å²) in [6.45, 7) is 0.953. The lowest BCUT2D eigenvalue weighted by molar-refractivity contribution is 0.530. The van der Waals surface area contributed by atoms with E-state index in [1.165, 1.54) is 24.0 Å². The third kappa shape index (κ3) is 3.51. The van der Waals surface area contributed by atoms with Gasteiger partial charge in [0, 0.05) is 5.92 Å². The number of nitriles is 1. The van der Waals surface area contributed by atoms with Gasteiger partial charge in [0.2, 0.25) is 0 Å². The zero-order valence-electron chi connectivity index (χ0n) is 12.1. The van der Waals surface area contributed by atoms with Crippen molar-refractivity contribution in [3.63, 3.8) is 0 Å². The molecule has 1 atom stereocenters. The molecule has 0 spiro atoms.